The standard InChI is InChI=1S/C25H40N4O3/c1-20-15-21(2)29(27-20)14-11-26-17-22-9-10-24(31-3)25(16-22)32-19-23(30)18-28-12-7-5-4-6-8-13-28/h9-10,15-16,23,26,30H,4-8,11-14,17-19H2,1-3H3. The van der Waals surface area contributed by atoms with Gasteiger partial charge in [-0.05, 0) is 63.5 Å². The average molecular weight is 445 g/mol. The second kappa shape index (κ2) is 12.8. The Morgan fingerprint density at radius 1 is 1.06 bits per heavy atom. The smallest absolute Gasteiger partial charge is 0.161 e. The Balaban J connectivity index is 1.46. The Bertz CT molecular complexity index is 816. The van der Waals surface area contributed by atoms with Crippen LogP contribution in [0.15, 0.2) is 24.3 Å². The minimum atomic E-state index is -0.512. The molecule has 0 amide bonds. The third-order valence-corrected chi connectivity index (χ3v) is 6.01. The minimum absolute atomic E-state index is 0.266. The molecule has 1 aromatic carbocycles. The fourth-order valence-electron chi connectivity index (χ4n) is 4.30. The van der Waals surface area contributed by atoms with Crippen LogP contribution in [-0.2, 0) is 13.1 Å². The van der Waals surface area contributed by atoms with Crippen molar-refractivity contribution in [2.75, 3.05) is 39.9 Å². The first-order valence-corrected chi connectivity index (χ1v) is 12.0. The largest absolute Gasteiger partial charge is 0.493 e. The van der Waals surface area contributed by atoms with Crippen molar-refractivity contribution in [3.63, 3.8) is 0 Å². The highest BCUT2D eigenvalue weighted by Crippen LogP contribution is 2.28. The number of likely N-dealkylation sites (tertiary alicyclic amines) is 1. The molecule has 1 aliphatic rings. The van der Waals surface area contributed by atoms with Crippen molar-refractivity contribution in [3.8, 4) is 11.5 Å². The van der Waals surface area contributed by atoms with Crippen LogP contribution < -0.4 is 14.8 Å². The van der Waals surface area contributed by atoms with Crippen LogP contribution in [0.25, 0.3) is 0 Å². The molecule has 1 atom stereocenters. The molecule has 178 valence electrons. The van der Waals surface area contributed by atoms with Gasteiger partial charge in [0.2, 0.25) is 0 Å². The third kappa shape index (κ3) is 7.80. The first kappa shape index (κ1) is 24.6. The summed E-state index contributed by atoms with van der Waals surface area (Å²) >= 11 is 0. The number of ether oxygens (including phenoxy) is 2. The lowest BCUT2D eigenvalue weighted by Crippen LogP contribution is -2.37. The lowest BCUT2D eigenvalue weighted by atomic mass is 10.1. The van der Waals surface area contributed by atoms with Crippen LogP contribution in [0, 0.1) is 13.8 Å². The fraction of sp³-hybridized carbons (Fsp3) is 0.640. The van der Waals surface area contributed by atoms with E-state index in [0.29, 0.717) is 18.0 Å². The van der Waals surface area contributed by atoms with Crippen LogP contribution >= 0.6 is 0 Å². The quantitative estimate of drug-likeness (QED) is 0.518. The number of benzene rings is 1. The molecule has 0 aliphatic carbocycles. The molecule has 2 aromatic rings. The van der Waals surface area contributed by atoms with Crippen molar-refractivity contribution in [1.82, 2.24) is 20.0 Å². The van der Waals surface area contributed by atoms with Crippen molar-refractivity contribution in [3.05, 3.63) is 41.2 Å². The molecule has 0 saturated carbocycles. The van der Waals surface area contributed by atoms with Crippen molar-refractivity contribution in [1.29, 1.82) is 0 Å². The van der Waals surface area contributed by atoms with E-state index in [4.69, 9.17) is 9.47 Å². The zero-order chi connectivity index (χ0) is 22.8. The van der Waals surface area contributed by atoms with Gasteiger partial charge in [0.15, 0.2) is 11.5 Å². The normalized spacial score (nSPS) is 16.4. The van der Waals surface area contributed by atoms with E-state index < -0.39 is 6.10 Å². The monoisotopic (exact) mass is 444 g/mol. The Labute approximate surface area is 192 Å². The molecule has 1 unspecified atom stereocenters. The van der Waals surface area contributed by atoms with Crippen molar-refractivity contribution in [2.24, 2.45) is 0 Å². The second-order valence-electron chi connectivity index (χ2n) is 8.85. The Morgan fingerprint density at radius 3 is 2.50 bits per heavy atom. The van der Waals surface area contributed by atoms with Crippen molar-refractivity contribution in [2.45, 2.75) is 65.1 Å². The van der Waals surface area contributed by atoms with E-state index in [1.54, 1.807) is 7.11 Å². The summed E-state index contributed by atoms with van der Waals surface area (Å²) in [5, 5.41) is 18.5. The Morgan fingerprint density at radius 2 is 1.81 bits per heavy atom. The van der Waals surface area contributed by atoms with E-state index in [0.717, 1.165) is 44.0 Å². The van der Waals surface area contributed by atoms with Gasteiger partial charge in [-0.1, -0.05) is 25.3 Å². The van der Waals surface area contributed by atoms with Crippen molar-refractivity contribution < 1.29 is 14.6 Å². The highest BCUT2D eigenvalue weighted by molar-refractivity contribution is 5.43. The molecular weight excluding hydrogens is 404 g/mol. The number of rotatable bonds is 11. The molecule has 1 fully saturated rings. The molecule has 2 N–H and O–H groups in total. The minimum Gasteiger partial charge on any atom is -0.493 e. The summed E-state index contributed by atoms with van der Waals surface area (Å²) in [6, 6.07) is 8.06. The van der Waals surface area contributed by atoms with Crippen LogP contribution in [0.5, 0.6) is 11.5 Å². The topological polar surface area (TPSA) is 71.8 Å². The van der Waals surface area contributed by atoms with E-state index in [-0.39, 0.29) is 6.61 Å². The first-order chi connectivity index (χ1) is 15.5. The highest BCUT2D eigenvalue weighted by Gasteiger charge is 2.15. The maximum absolute atomic E-state index is 10.5. The van der Waals surface area contributed by atoms with Gasteiger partial charge in [-0.25, -0.2) is 0 Å². The van der Waals surface area contributed by atoms with Crippen LogP contribution in [0.2, 0.25) is 0 Å². The van der Waals surface area contributed by atoms with Crippen molar-refractivity contribution >= 4 is 0 Å². The van der Waals surface area contributed by atoms with Gasteiger partial charge in [-0.3, -0.25) is 4.68 Å². The van der Waals surface area contributed by atoms with Crippen LogP contribution in [0.3, 0.4) is 0 Å². The maximum atomic E-state index is 10.5. The molecule has 1 saturated heterocycles. The van der Waals surface area contributed by atoms with Gasteiger partial charge in [-0.2, -0.15) is 5.10 Å². The molecule has 7 heteroatoms. The molecule has 0 radical (unpaired) electrons. The number of nitrogens with one attached hydrogen (secondary N) is 1. The molecule has 32 heavy (non-hydrogen) atoms. The lowest BCUT2D eigenvalue weighted by Gasteiger charge is -2.26. The summed E-state index contributed by atoms with van der Waals surface area (Å²) in [7, 11) is 1.64. The molecular formula is C25H40N4O3. The van der Waals surface area contributed by atoms with Crippen LogP contribution in [0.1, 0.15) is 49.1 Å². The Kier molecular flexibility index (Phi) is 9.84. The molecule has 1 aliphatic heterocycles. The van der Waals surface area contributed by atoms with Gasteiger partial charge in [0.1, 0.15) is 12.7 Å². The van der Waals surface area contributed by atoms with Gasteiger partial charge in [0.05, 0.1) is 19.3 Å². The number of aliphatic hydroxyl groups is 1. The van der Waals surface area contributed by atoms with Gasteiger partial charge in [-0.15, -0.1) is 0 Å². The fourth-order valence-corrected chi connectivity index (χ4v) is 4.30. The number of aliphatic hydroxyl groups excluding tert-OH is 1. The van der Waals surface area contributed by atoms with E-state index in [2.05, 4.69) is 28.3 Å². The SMILES string of the molecule is COc1ccc(CNCCn2nc(C)cc2C)cc1OCC(O)CN1CCCCCCC1. The van der Waals surface area contributed by atoms with Crippen LogP contribution in [0.4, 0.5) is 0 Å². The summed E-state index contributed by atoms with van der Waals surface area (Å²) in [4.78, 5) is 2.37. The molecule has 7 nitrogen and oxygen atoms in total. The average Bonchev–Trinajstić information content (AvgIpc) is 3.08. The number of β-amino-alcohol motifs (C(OH)–C–C–N with tert-alkyl or cyclic N) is 1. The van der Waals surface area contributed by atoms with Crippen LogP contribution in [-0.4, -0.2) is 65.8 Å². The summed E-state index contributed by atoms with van der Waals surface area (Å²) in [6.45, 7) is 9.56. The number of aryl methyl sites for hydroxylation is 2. The first-order valence-electron chi connectivity index (χ1n) is 12.0. The molecule has 3 rings (SSSR count). The second-order valence-corrected chi connectivity index (χ2v) is 8.85. The number of aromatic nitrogens is 2. The van der Waals surface area contributed by atoms with E-state index >= 15 is 0 Å². The van der Waals surface area contributed by atoms with Gasteiger partial charge < -0.3 is 24.8 Å². The van der Waals surface area contributed by atoms with Gasteiger partial charge in [0.25, 0.3) is 0 Å². The van der Waals surface area contributed by atoms with Gasteiger partial charge >= 0.3 is 0 Å². The number of hydrogen-bond donors (Lipinski definition) is 2. The summed E-state index contributed by atoms with van der Waals surface area (Å²) in [5.41, 5.74) is 3.35. The number of hydrogen-bond acceptors (Lipinski definition) is 6. The molecule has 1 aromatic heterocycles. The number of methoxy groups -OCH3 is 1. The third-order valence-electron chi connectivity index (χ3n) is 6.01. The maximum Gasteiger partial charge on any atom is 0.161 e. The Hall–Kier alpha value is -2.09. The summed E-state index contributed by atoms with van der Waals surface area (Å²) < 4.78 is 13.5. The lowest BCUT2D eigenvalue weighted by molar-refractivity contribution is 0.0644. The number of nitrogens with zero attached hydrogens (tertiary/aromatic N) is 3. The van der Waals surface area contributed by atoms with E-state index in [9.17, 15) is 5.11 Å². The molecule has 0 bridgehead atoms. The zero-order valence-electron chi connectivity index (χ0n) is 20.0. The van der Waals surface area contributed by atoms with E-state index in [1.165, 1.54) is 37.8 Å². The predicted molar refractivity (Wildman–Crippen MR) is 127 cm³/mol. The van der Waals surface area contributed by atoms with Gasteiger partial charge in [0, 0.05) is 25.3 Å². The summed E-state index contributed by atoms with van der Waals surface area (Å²) in [5.74, 6) is 1.37. The highest BCUT2D eigenvalue weighted by atomic mass is 16.5. The summed E-state index contributed by atoms with van der Waals surface area (Å²) in [6.07, 6.45) is 5.85. The van der Waals surface area contributed by atoms with E-state index in [1.807, 2.05) is 29.8 Å². The molecule has 2 heterocycles. The molecule has 0 spiro atoms. The predicted octanol–water partition coefficient (Wildman–Crippen LogP) is 3.30. The zero-order valence-corrected chi connectivity index (χ0v) is 20.0.